The zero-order valence-electron chi connectivity index (χ0n) is 20.7. The first-order valence-electron chi connectivity index (χ1n) is 11.4. The lowest BCUT2D eigenvalue weighted by Crippen LogP contribution is -2.62. The minimum atomic E-state index is -1.86. The number of ketones is 1. The summed E-state index contributed by atoms with van der Waals surface area (Å²) >= 11 is 0. The fraction of sp³-hybridized carbons (Fsp3) is 0.370. The predicted octanol–water partition coefficient (Wildman–Crippen LogP) is 0.657. The van der Waals surface area contributed by atoms with Gasteiger partial charge in [-0.2, -0.15) is 0 Å². The van der Waals surface area contributed by atoms with Gasteiger partial charge in [-0.05, 0) is 55.3 Å². The van der Waals surface area contributed by atoms with Gasteiger partial charge in [0.15, 0.2) is 11.3 Å². The molecule has 0 radical (unpaired) electrons. The van der Waals surface area contributed by atoms with Crippen LogP contribution in [-0.4, -0.2) is 83.9 Å². The molecule has 192 valence electrons. The van der Waals surface area contributed by atoms with E-state index in [4.69, 9.17) is 9.84 Å². The Morgan fingerprint density at radius 2 is 1.58 bits per heavy atom. The maximum Gasteiger partial charge on any atom is 0.254 e. The van der Waals surface area contributed by atoms with E-state index < -0.39 is 35.8 Å². The zero-order chi connectivity index (χ0) is 26.7. The Labute approximate surface area is 210 Å². The SMILES string of the molecule is CNC(=O)[C@@](C)(C(=O)CO)N(C)C(=O)c1ccc(C#Cc2ccc([C@H](O)COCCCO)cc2)cc1. The number of carbonyl (C=O) groups excluding carboxylic acids is 3. The van der Waals surface area contributed by atoms with Crippen LogP contribution in [0.5, 0.6) is 0 Å². The van der Waals surface area contributed by atoms with Gasteiger partial charge < -0.3 is 30.3 Å². The van der Waals surface area contributed by atoms with Crippen molar-refractivity contribution in [1.82, 2.24) is 10.2 Å². The molecule has 36 heavy (non-hydrogen) atoms. The molecule has 2 aromatic carbocycles. The molecular weight excluding hydrogens is 464 g/mol. The van der Waals surface area contributed by atoms with Crippen LogP contribution in [0.1, 0.15) is 46.5 Å². The summed E-state index contributed by atoms with van der Waals surface area (Å²) in [5.41, 5.74) is 0.472. The van der Waals surface area contributed by atoms with E-state index in [1.165, 1.54) is 21.0 Å². The molecular formula is C27H32N2O7. The van der Waals surface area contributed by atoms with Gasteiger partial charge in [-0.15, -0.1) is 0 Å². The molecule has 0 saturated carbocycles. The molecule has 0 aliphatic carbocycles. The zero-order valence-corrected chi connectivity index (χ0v) is 20.7. The number of carbonyl (C=O) groups is 3. The van der Waals surface area contributed by atoms with E-state index in [-0.39, 0.29) is 18.8 Å². The fourth-order valence-corrected chi connectivity index (χ4v) is 3.35. The van der Waals surface area contributed by atoms with Gasteiger partial charge in [0.1, 0.15) is 12.7 Å². The molecule has 0 fully saturated rings. The van der Waals surface area contributed by atoms with Gasteiger partial charge in [-0.25, -0.2) is 0 Å². The maximum absolute atomic E-state index is 12.9. The molecule has 2 aromatic rings. The van der Waals surface area contributed by atoms with Crippen molar-refractivity contribution in [3.05, 3.63) is 70.8 Å². The molecule has 0 saturated heterocycles. The second-order valence-corrected chi connectivity index (χ2v) is 8.21. The highest BCUT2D eigenvalue weighted by atomic mass is 16.5. The smallest absolute Gasteiger partial charge is 0.254 e. The molecule has 2 atom stereocenters. The Hall–Kier alpha value is -3.55. The average molecular weight is 497 g/mol. The molecule has 0 heterocycles. The summed E-state index contributed by atoms with van der Waals surface area (Å²) in [4.78, 5) is 38.5. The van der Waals surface area contributed by atoms with Gasteiger partial charge in [0, 0.05) is 44.0 Å². The molecule has 2 rings (SSSR count). The van der Waals surface area contributed by atoms with Crippen molar-refractivity contribution < 1.29 is 34.4 Å². The van der Waals surface area contributed by atoms with Crippen molar-refractivity contribution in [2.24, 2.45) is 0 Å². The molecule has 0 spiro atoms. The summed E-state index contributed by atoms with van der Waals surface area (Å²) in [5.74, 6) is 3.96. The van der Waals surface area contributed by atoms with Gasteiger partial charge in [0.05, 0.1) is 6.61 Å². The summed E-state index contributed by atoms with van der Waals surface area (Å²) in [6.07, 6.45) is -0.252. The number of rotatable bonds is 11. The van der Waals surface area contributed by atoms with Crippen molar-refractivity contribution in [3.8, 4) is 11.8 Å². The minimum Gasteiger partial charge on any atom is -0.396 e. The molecule has 0 aliphatic heterocycles. The lowest BCUT2D eigenvalue weighted by atomic mass is 9.92. The summed E-state index contributed by atoms with van der Waals surface area (Å²) in [5, 5.41) is 30.6. The fourth-order valence-electron chi connectivity index (χ4n) is 3.35. The third kappa shape index (κ3) is 6.99. The van der Waals surface area contributed by atoms with E-state index in [0.717, 1.165) is 10.5 Å². The van der Waals surface area contributed by atoms with E-state index in [1.54, 1.807) is 48.5 Å². The molecule has 0 aromatic heterocycles. The number of aliphatic hydroxyl groups is 3. The quantitative estimate of drug-likeness (QED) is 0.204. The van der Waals surface area contributed by atoms with Crippen molar-refractivity contribution in [1.29, 1.82) is 0 Å². The molecule has 9 nitrogen and oxygen atoms in total. The normalized spacial score (nSPS) is 13.1. The topological polar surface area (TPSA) is 136 Å². The minimum absolute atomic E-state index is 0.0439. The number of Topliss-reactive ketones (excluding diaryl/α,β-unsaturated/α-hetero) is 1. The lowest BCUT2D eigenvalue weighted by molar-refractivity contribution is -0.143. The van der Waals surface area contributed by atoms with Gasteiger partial charge in [-0.1, -0.05) is 24.0 Å². The Kier molecular flexibility index (Phi) is 10.8. The number of aliphatic hydroxyl groups excluding tert-OH is 3. The highest BCUT2D eigenvalue weighted by Gasteiger charge is 2.46. The monoisotopic (exact) mass is 496 g/mol. The van der Waals surface area contributed by atoms with Crippen LogP contribution in [0.15, 0.2) is 48.5 Å². The van der Waals surface area contributed by atoms with Gasteiger partial charge >= 0.3 is 0 Å². The second-order valence-electron chi connectivity index (χ2n) is 8.21. The van der Waals surface area contributed by atoms with Crippen molar-refractivity contribution in [2.45, 2.75) is 25.0 Å². The number of hydrogen-bond acceptors (Lipinski definition) is 7. The number of likely N-dealkylation sites (N-methyl/N-ethyl adjacent to an activating group) is 2. The second kappa shape index (κ2) is 13.5. The Morgan fingerprint density at radius 1 is 1.03 bits per heavy atom. The van der Waals surface area contributed by atoms with Crippen LogP contribution in [0, 0.1) is 11.8 Å². The third-order valence-electron chi connectivity index (χ3n) is 5.83. The van der Waals surface area contributed by atoms with Crippen molar-refractivity contribution >= 4 is 17.6 Å². The number of hydrogen-bond donors (Lipinski definition) is 4. The Morgan fingerprint density at radius 3 is 2.08 bits per heavy atom. The van der Waals surface area contributed by atoms with E-state index in [1.807, 2.05) is 0 Å². The number of ether oxygens (including phenoxy) is 1. The molecule has 0 unspecified atom stereocenters. The molecule has 0 aliphatic rings. The number of nitrogens with zero attached hydrogens (tertiary/aromatic N) is 1. The molecule has 4 N–H and O–H groups in total. The molecule has 2 amide bonds. The average Bonchev–Trinajstić information content (AvgIpc) is 2.92. The number of amides is 2. The summed E-state index contributed by atoms with van der Waals surface area (Å²) in [6, 6.07) is 13.5. The highest BCUT2D eigenvalue weighted by Crippen LogP contribution is 2.19. The number of nitrogens with one attached hydrogen (secondary N) is 1. The summed E-state index contributed by atoms with van der Waals surface area (Å²) in [6.45, 7) is 0.973. The van der Waals surface area contributed by atoms with Crippen LogP contribution in [0.3, 0.4) is 0 Å². The third-order valence-corrected chi connectivity index (χ3v) is 5.83. The molecule has 0 bridgehead atoms. The first kappa shape index (κ1) is 28.7. The number of benzene rings is 2. The van der Waals surface area contributed by atoms with Crippen molar-refractivity contribution in [3.63, 3.8) is 0 Å². The summed E-state index contributed by atoms with van der Waals surface area (Å²) in [7, 11) is 2.68. The summed E-state index contributed by atoms with van der Waals surface area (Å²) < 4.78 is 5.31. The van der Waals surface area contributed by atoms with Crippen molar-refractivity contribution in [2.75, 3.05) is 40.5 Å². The van der Waals surface area contributed by atoms with Crippen LogP contribution in [0.2, 0.25) is 0 Å². The first-order valence-corrected chi connectivity index (χ1v) is 11.4. The Balaban J connectivity index is 2.09. The lowest BCUT2D eigenvalue weighted by Gasteiger charge is -2.35. The largest absolute Gasteiger partial charge is 0.396 e. The van der Waals surface area contributed by atoms with Gasteiger partial charge in [0.2, 0.25) is 0 Å². The van der Waals surface area contributed by atoms with E-state index in [2.05, 4.69) is 17.2 Å². The van der Waals surface area contributed by atoms with Crippen LogP contribution >= 0.6 is 0 Å². The maximum atomic E-state index is 12.9. The molecule has 9 heteroatoms. The van der Waals surface area contributed by atoms with E-state index in [0.29, 0.717) is 24.2 Å². The van der Waals surface area contributed by atoms with Gasteiger partial charge in [-0.3, -0.25) is 14.4 Å². The standard InChI is InChI=1S/C27H32N2O7/c1-27(24(33)17-31,26(35)28-2)29(3)25(34)22-13-9-20(10-14-22)6-5-19-7-11-21(12-8-19)23(32)18-36-16-4-15-30/h7-14,23,30-32H,4,15-18H2,1-3H3,(H,28,35)/t23-,27-/m1/s1. The van der Waals surface area contributed by atoms with Crippen LogP contribution < -0.4 is 5.32 Å². The van der Waals surface area contributed by atoms with E-state index in [9.17, 15) is 24.6 Å². The highest BCUT2D eigenvalue weighted by molar-refractivity contribution is 6.14. The van der Waals surface area contributed by atoms with Crippen LogP contribution in [-0.2, 0) is 14.3 Å². The van der Waals surface area contributed by atoms with Crippen LogP contribution in [0.25, 0.3) is 0 Å². The van der Waals surface area contributed by atoms with Crippen LogP contribution in [0.4, 0.5) is 0 Å². The predicted molar refractivity (Wildman–Crippen MR) is 133 cm³/mol. The first-order chi connectivity index (χ1) is 17.2. The van der Waals surface area contributed by atoms with E-state index >= 15 is 0 Å². The van der Waals surface area contributed by atoms with Gasteiger partial charge in [0.25, 0.3) is 11.8 Å². The Bertz CT molecular complexity index is 1090.